The molecule has 1 nitrogen and oxygen atoms in total. The Hall–Kier alpha value is -0.890. The van der Waals surface area contributed by atoms with Crippen LogP contribution in [0.4, 0.5) is 4.39 Å². The Bertz CT molecular complexity index is 350. The zero-order valence-electron chi connectivity index (χ0n) is 12.1. The van der Waals surface area contributed by atoms with Crippen molar-refractivity contribution in [2.75, 3.05) is 6.54 Å². The molecule has 0 aliphatic heterocycles. The van der Waals surface area contributed by atoms with Crippen LogP contribution >= 0.6 is 0 Å². The maximum atomic E-state index is 13.3. The molecule has 0 fully saturated rings. The molecule has 1 rings (SSSR count). The lowest BCUT2D eigenvalue weighted by Gasteiger charge is -2.22. The van der Waals surface area contributed by atoms with Gasteiger partial charge >= 0.3 is 0 Å². The summed E-state index contributed by atoms with van der Waals surface area (Å²) in [4.78, 5) is 0. The second kappa shape index (κ2) is 7.52. The number of unbranched alkanes of at least 4 members (excludes halogenated alkanes) is 2. The predicted molar refractivity (Wildman–Crippen MR) is 76.4 cm³/mol. The molecule has 1 unspecified atom stereocenters. The maximum Gasteiger partial charge on any atom is 0.123 e. The molecule has 1 aromatic carbocycles. The van der Waals surface area contributed by atoms with Crippen LogP contribution < -0.4 is 5.32 Å². The minimum atomic E-state index is -0.127. The Morgan fingerprint density at radius 3 is 2.22 bits per heavy atom. The standard InChI is InChI=1S/C16H26FN/c1-5-7-8-9-15(18-6-2)16-12(3)10-14(17)11-13(16)4/h10-11,15,18H,5-9H2,1-4H3. The van der Waals surface area contributed by atoms with E-state index in [2.05, 4.69) is 19.2 Å². The first-order valence-electron chi connectivity index (χ1n) is 7.10. The summed E-state index contributed by atoms with van der Waals surface area (Å²) in [5.41, 5.74) is 3.42. The van der Waals surface area contributed by atoms with Gasteiger partial charge in [-0.25, -0.2) is 4.39 Å². The molecule has 0 saturated carbocycles. The fraction of sp³-hybridized carbons (Fsp3) is 0.625. The largest absolute Gasteiger partial charge is 0.310 e. The van der Waals surface area contributed by atoms with Gasteiger partial charge in [-0.05, 0) is 55.6 Å². The summed E-state index contributed by atoms with van der Waals surface area (Å²) in [7, 11) is 0. The number of nitrogens with one attached hydrogen (secondary N) is 1. The normalized spacial score (nSPS) is 12.7. The average molecular weight is 251 g/mol. The van der Waals surface area contributed by atoms with Crippen molar-refractivity contribution in [1.29, 1.82) is 0 Å². The number of rotatable bonds is 7. The Morgan fingerprint density at radius 1 is 1.11 bits per heavy atom. The van der Waals surface area contributed by atoms with Crippen LogP contribution in [0.1, 0.15) is 62.3 Å². The summed E-state index contributed by atoms with van der Waals surface area (Å²) in [6, 6.07) is 3.65. The van der Waals surface area contributed by atoms with E-state index in [0.29, 0.717) is 6.04 Å². The van der Waals surface area contributed by atoms with Gasteiger partial charge in [0, 0.05) is 6.04 Å². The summed E-state index contributed by atoms with van der Waals surface area (Å²) in [5, 5.41) is 3.54. The fourth-order valence-corrected chi connectivity index (χ4v) is 2.66. The van der Waals surface area contributed by atoms with Crippen molar-refractivity contribution in [2.45, 2.75) is 59.4 Å². The van der Waals surface area contributed by atoms with Crippen LogP contribution in [0.15, 0.2) is 12.1 Å². The van der Waals surface area contributed by atoms with E-state index >= 15 is 0 Å². The first kappa shape index (κ1) is 15.2. The summed E-state index contributed by atoms with van der Waals surface area (Å²) in [5.74, 6) is -0.127. The minimum absolute atomic E-state index is 0.127. The molecule has 0 bridgehead atoms. The SMILES string of the molecule is CCCCCC(NCC)c1c(C)cc(F)cc1C. The predicted octanol–water partition coefficient (Wildman–Crippen LogP) is 4.67. The molecule has 0 saturated heterocycles. The lowest BCUT2D eigenvalue weighted by Crippen LogP contribution is -2.22. The minimum Gasteiger partial charge on any atom is -0.310 e. The second-order valence-corrected chi connectivity index (χ2v) is 5.06. The average Bonchev–Trinajstić information content (AvgIpc) is 2.28. The number of halogens is 1. The molecule has 0 radical (unpaired) electrons. The highest BCUT2D eigenvalue weighted by Crippen LogP contribution is 2.27. The number of hydrogen-bond acceptors (Lipinski definition) is 1. The molecule has 0 aliphatic rings. The van der Waals surface area contributed by atoms with E-state index in [0.717, 1.165) is 24.1 Å². The quantitative estimate of drug-likeness (QED) is 0.694. The van der Waals surface area contributed by atoms with Crippen LogP contribution in [0.3, 0.4) is 0 Å². The lowest BCUT2D eigenvalue weighted by molar-refractivity contribution is 0.482. The van der Waals surface area contributed by atoms with Crippen LogP contribution in [0.2, 0.25) is 0 Å². The number of hydrogen-bond donors (Lipinski definition) is 1. The molecular formula is C16H26FN. The molecule has 0 aromatic heterocycles. The Balaban J connectivity index is 2.90. The first-order valence-corrected chi connectivity index (χ1v) is 7.10. The summed E-state index contributed by atoms with van der Waals surface area (Å²) >= 11 is 0. The Morgan fingerprint density at radius 2 is 1.72 bits per heavy atom. The van der Waals surface area contributed by atoms with Crippen molar-refractivity contribution in [2.24, 2.45) is 0 Å². The van der Waals surface area contributed by atoms with Crippen molar-refractivity contribution in [3.05, 3.63) is 34.6 Å². The van der Waals surface area contributed by atoms with Gasteiger partial charge in [0.05, 0.1) is 0 Å². The van der Waals surface area contributed by atoms with Crippen LogP contribution in [-0.4, -0.2) is 6.54 Å². The van der Waals surface area contributed by atoms with Gasteiger partial charge in [0.25, 0.3) is 0 Å². The third-order valence-electron chi connectivity index (χ3n) is 3.45. The van der Waals surface area contributed by atoms with Gasteiger partial charge in [0.15, 0.2) is 0 Å². The van der Waals surface area contributed by atoms with Gasteiger partial charge in [-0.2, -0.15) is 0 Å². The van der Waals surface area contributed by atoms with Crippen molar-refractivity contribution in [3.63, 3.8) is 0 Å². The molecule has 0 aliphatic carbocycles. The molecule has 1 N–H and O–H groups in total. The summed E-state index contributed by atoms with van der Waals surface area (Å²) < 4.78 is 13.3. The van der Waals surface area contributed by atoms with E-state index < -0.39 is 0 Å². The highest BCUT2D eigenvalue weighted by molar-refractivity contribution is 5.36. The van der Waals surface area contributed by atoms with E-state index in [4.69, 9.17) is 0 Å². The molecule has 0 spiro atoms. The molecule has 1 aromatic rings. The zero-order chi connectivity index (χ0) is 13.5. The zero-order valence-corrected chi connectivity index (χ0v) is 12.1. The summed E-state index contributed by atoms with van der Waals surface area (Å²) in [6.07, 6.45) is 4.86. The topological polar surface area (TPSA) is 12.0 Å². The molecule has 18 heavy (non-hydrogen) atoms. The van der Waals surface area contributed by atoms with Crippen molar-refractivity contribution >= 4 is 0 Å². The van der Waals surface area contributed by atoms with Crippen LogP contribution in [0.5, 0.6) is 0 Å². The van der Waals surface area contributed by atoms with Gasteiger partial charge in [-0.15, -0.1) is 0 Å². The van der Waals surface area contributed by atoms with Crippen molar-refractivity contribution in [3.8, 4) is 0 Å². The number of aryl methyl sites for hydroxylation is 2. The fourth-order valence-electron chi connectivity index (χ4n) is 2.66. The molecule has 1 atom stereocenters. The van der Waals surface area contributed by atoms with E-state index in [1.54, 1.807) is 12.1 Å². The van der Waals surface area contributed by atoms with Crippen LogP contribution in [0.25, 0.3) is 0 Å². The second-order valence-electron chi connectivity index (χ2n) is 5.06. The monoisotopic (exact) mass is 251 g/mol. The van der Waals surface area contributed by atoms with E-state index in [1.165, 1.54) is 24.8 Å². The molecule has 0 heterocycles. The van der Waals surface area contributed by atoms with Gasteiger partial charge in [0.1, 0.15) is 5.82 Å². The van der Waals surface area contributed by atoms with E-state index in [-0.39, 0.29) is 5.82 Å². The van der Waals surface area contributed by atoms with E-state index in [1.807, 2.05) is 13.8 Å². The highest BCUT2D eigenvalue weighted by atomic mass is 19.1. The summed E-state index contributed by atoms with van der Waals surface area (Å²) in [6.45, 7) is 9.32. The molecule has 102 valence electrons. The van der Waals surface area contributed by atoms with Gasteiger partial charge in [-0.3, -0.25) is 0 Å². The molecule has 0 amide bonds. The smallest absolute Gasteiger partial charge is 0.123 e. The molecule has 2 heteroatoms. The maximum absolute atomic E-state index is 13.3. The highest BCUT2D eigenvalue weighted by Gasteiger charge is 2.15. The Kier molecular flexibility index (Phi) is 6.34. The molecular weight excluding hydrogens is 225 g/mol. The third kappa shape index (κ3) is 4.09. The van der Waals surface area contributed by atoms with Crippen LogP contribution in [-0.2, 0) is 0 Å². The first-order chi connectivity index (χ1) is 8.60. The lowest BCUT2D eigenvalue weighted by atomic mass is 9.92. The van der Waals surface area contributed by atoms with Crippen LogP contribution in [0, 0.1) is 19.7 Å². The Labute approximate surface area is 111 Å². The van der Waals surface area contributed by atoms with E-state index in [9.17, 15) is 4.39 Å². The third-order valence-corrected chi connectivity index (χ3v) is 3.45. The van der Waals surface area contributed by atoms with Gasteiger partial charge in [0.2, 0.25) is 0 Å². The van der Waals surface area contributed by atoms with Gasteiger partial charge in [-0.1, -0.05) is 33.1 Å². The van der Waals surface area contributed by atoms with Crippen molar-refractivity contribution in [1.82, 2.24) is 5.32 Å². The van der Waals surface area contributed by atoms with Crippen molar-refractivity contribution < 1.29 is 4.39 Å². The van der Waals surface area contributed by atoms with Gasteiger partial charge < -0.3 is 5.32 Å². The number of benzene rings is 1.